The molecule has 1 aromatic heterocycles. The fourth-order valence-corrected chi connectivity index (χ4v) is 3.62. The van der Waals surface area contributed by atoms with Gasteiger partial charge in [0.2, 0.25) is 0 Å². The van der Waals surface area contributed by atoms with Gasteiger partial charge in [0, 0.05) is 22.7 Å². The molecule has 19 heavy (non-hydrogen) atoms. The van der Waals surface area contributed by atoms with Crippen LogP contribution in [-0.2, 0) is 0 Å². The van der Waals surface area contributed by atoms with Crippen LogP contribution in [0.15, 0.2) is 18.2 Å². The van der Waals surface area contributed by atoms with Crippen LogP contribution in [0.25, 0.3) is 10.1 Å². The molecule has 1 aliphatic rings. The van der Waals surface area contributed by atoms with Gasteiger partial charge in [-0.15, -0.1) is 11.3 Å². The minimum Gasteiger partial charge on any atom is -0.347 e. The molecule has 1 aromatic carbocycles. The molecule has 2 aromatic rings. The van der Waals surface area contributed by atoms with Crippen molar-refractivity contribution in [1.82, 2.24) is 10.6 Å². The summed E-state index contributed by atoms with van der Waals surface area (Å²) in [6.07, 6.45) is 0.948. The summed E-state index contributed by atoms with van der Waals surface area (Å²) < 4.78 is 14.6. The van der Waals surface area contributed by atoms with E-state index in [2.05, 4.69) is 10.6 Å². The standard InChI is InChI=1S/C14H15FN2OS/c1-8-12-10(15)3-2-4-11(12)19-13(8)14(18)17-9-5-6-16-7-9/h2-4,9,16H,5-7H2,1H3,(H,17,18). The average molecular weight is 278 g/mol. The number of hydrogen-bond donors (Lipinski definition) is 2. The molecule has 1 amide bonds. The van der Waals surface area contributed by atoms with Crippen LogP contribution in [0.2, 0.25) is 0 Å². The third kappa shape index (κ3) is 2.24. The molecule has 100 valence electrons. The summed E-state index contributed by atoms with van der Waals surface area (Å²) >= 11 is 1.36. The van der Waals surface area contributed by atoms with E-state index < -0.39 is 0 Å². The van der Waals surface area contributed by atoms with Crippen LogP contribution >= 0.6 is 11.3 Å². The second-order valence-corrected chi connectivity index (χ2v) is 5.88. The van der Waals surface area contributed by atoms with Crippen molar-refractivity contribution in [1.29, 1.82) is 0 Å². The number of amides is 1. The fourth-order valence-electron chi connectivity index (χ4n) is 2.50. The first-order valence-electron chi connectivity index (χ1n) is 6.36. The van der Waals surface area contributed by atoms with Crippen LogP contribution in [-0.4, -0.2) is 25.0 Å². The Morgan fingerprint density at radius 3 is 3.05 bits per heavy atom. The van der Waals surface area contributed by atoms with Gasteiger partial charge in [0.1, 0.15) is 5.82 Å². The highest BCUT2D eigenvalue weighted by molar-refractivity contribution is 7.21. The Morgan fingerprint density at radius 2 is 2.37 bits per heavy atom. The Morgan fingerprint density at radius 1 is 1.53 bits per heavy atom. The molecule has 3 nitrogen and oxygen atoms in total. The molecule has 1 saturated heterocycles. The smallest absolute Gasteiger partial charge is 0.261 e. The number of hydrogen-bond acceptors (Lipinski definition) is 3. The molecule has 0 radical (unpaired) electrons. The normalized spacial score (nSPS) is 18.9. The number of fused-ring (bicyclic) bond motifs is 1. The molecule has 5 heteroatoms. The summed E-state index contributed by atoms with van der Waals surface area (Å²) in [7, 11) is 0. The van der Waals surface area contributed by atoms with Crippen molar-refractivity contribution in [2.75, 3.05) is 13.1 Å². The van der Waals surface area contributed by atoms with Gasteiger partial charge < -0.3 is 10.6 Å². The quantitative estimate of drug-likeness (QED) is 0.886. The highest BCUT2D eigenvalue weighted by Gasteiger charge is 2.21. The van der Waals surface area contributed by atoms with Gasteiger partial charge in [0.25, 0.3) is 5.91 Å². The molecule has 2 heterocycles. The summed E-state index contributed by atoms with van der Waals surface area (Å²) in [5.74, 6) is -0.348. The average Bonchev–Trinajstić information content (AvgIpc) is 2.98. The van der Waals surface area contributed by atoms with Crippen molar-refractivity contribution >= 4 is 27.3 Å². The summed E-state index contributed by atoms with van der Waals surface area (Å²) in [6.45, 7) is 3.55. The Kier molecular flexibility index (Phi) is 3.24. The van der Waals surface area contributed by atoms with Gasteiger partial charge in [-0.1, -0.05) is 6.07 Å². The zero-order valence-electron chi connectivity index (χ0n) is 10.6. The van der Waals surface area contributed by atoms with Crippen LogP contribution in [0, 0.1) is 12.7 Å². The van der Waals surface area contributed by atoms with Crippen molar-refractivity contribution in [3.63, 3.8) is 0 Å². The lowest BCUT2D eigenvalue weighted by Crippen LogP contribution is -2.36. The predicted octanol–water partition coefficient (Wildman–Crippen LogP) is 2.44. The van der Waals surface area contributed by atoms with Gasteiger partial charge in [-0.3, -0.25) is 4.79 Å². The fraction of sp³-hybridized carbons (Fsp3) is 0.357. The number of thiophene rings is 1. The van der Waals surface area contributed by atoms with E-state index >= 15 is 0 Å². The van der Waals surface area contributed by atoms with Crippen LogP contribution in [0.4, 0.5) is 4.39 Å². The lowest BCUT2D eigenvalue weighted by atomic mass is 10.1. The number of benzene rings is 1. The zero-order chi connectivity index (χ0) is 13.4. The molecule has 0 bridgehead atoms. The summed E-state index contributed by atoms with van der Waals surface area (Å²) in [4.78, 5) is 12.9. The van der Waals surface area contributed by atoms with Gasteiger partial charge >= 0.3 is 0 Å². The summed E-state index contributed by atoms with van der Waals surface area (Å²) in [5, 5.41) is 6.78. The van der Waals surface area contributed by atoms with Gasteiger partial charge in [0.15, 0.2) is 0 Å². The minimum absolute atomic E-state index is 0.0909. The summed E-state index contributed by atoms with van der Waals surface area (Å²) in [5.41, 5.74) is 0.738. The number of rotatable bonds is 2. The maximum absolute atomic E-state index is 13.8. The molecule has 2 N–H and O–H groups in total. The highest BCUT2D eigenvalue weighted by Crippen LogP contribution is 2.32. The Hall–Kier alpha value is -1.46. The van der Waals surface area contributed by atoms with Crippen LogP contribution in [0.5, 0.6) is 0 Å². The number of carbonyl (C=O) groups excluding carboxylic acids is 1. The molecule has 0 aliphatic carbocycles. The molecule has 1 aliphatic heterocycles. The molecule has 1 unspecified atom stereocenters. The molecule has 0 saturated carbocycles. The first-order chi connectivity index (χ1) is 9.16. The summed E-state index contributed by atoms with van der Waals surface area (Å²) in [6, 6.07) is 5.15. The van der Waals surface area contributed by atoms with E-state index in [-0.39, 0.29) is 17.8 Å². The second kappa shape index (κ2) is 4.90. The first kappa shape index (κ1) is 12.6. The Bertz CT molecular complexity index is 632. The van der Waals surface area contributed by atoms with E-state index in [1.54, 1.807) is 6.07 Å². The van der Waals surface area contributed by atoms with Crippen molar-refractivity contribution in [3.8, 4) is 0 Å². The number of halogens is 1. The minimum atomic E-state index is -0.257. The van der Waals surface area contributed by atoms with Crippen LogP contribution < -0.4 is 10.6 Å². The Labute approximate surface area is 114 Å². The van der Waals surface area contributed by atoms with Crippen molar-refractivity contribution in [3.05, 3.63) is 34.5 Å². The zero-order valence-corrected chi connectivity index (χ0v) is 11.4. The van der Waals surface area contributed by atoms with Crippen LogP contribution in [0.3, 0.4) is 0 Å². The molecule has 3 rings (SSSR count). The van der Waals surface area contributed by atoms with E-state index in [0.717, 1.165) is 29.8 Å². The number of nitrogens with one attached hydrogen (secondary N) is 2. The molecule has 0 spiro atoms. The lowest BCUT2D eigenvalue weighted by Gasteiger charge is -2.10. The maximum atomic E-state index is 13.8. The maximum Gasteiger partial charge on any atom is 0.261 e. The van der Waals surface area contributed by atoms with Crippen molar-refractivity contribution < 1.29 is 9.18 Å². The third-order valence-electron chi connectivity index (χ3n) is 3.50. The van der Waals surface area contributed by atoms with Gasteiger partial charge in [0.05, 0.1) is 4.88 Å². The molecule has 1 fully saturated rings. The molecule has 1 atom stereocenters. The lowest BCUT2D eigenvalue weighted by molar-refractivity contribution is 0.0943. The first-order valence-corrected chi connectivity index (χ1v) is 7.17. The van der Waals surface area contributed by atoms with E-state index in [4.69, 9.17) is 0 Å². The Balaban J connectivity index is 1.94. The third-order valence-corrected chi connectivity index (χ3v) is 4.76. The predicted molar refractivity (Wildman–Crippen MR) is 75.3 cm³/mol. The highest BCUT2D eigenvalue weighted by atomic mass is 32.1. The topological polar surface area (TPSA) is 41.1 Å². The van der Waals surface area contributed by atoms with Gasteiger partial charge in [-0.25, -0.2) is 4.39 Å². The SMILES string of the molecule is Cc1c(C(=O)NC2CCNC2)sc2cccc(F)c12. The van der Waals surface area contributed by atoms with Crippen molar-refractivity contribution in [2.45, 2.75) is 19.4 Å². The monoisotopic (exact) mass is 278 g/mol. The van der Waals surface area contributed by atoms with Gasteiger partial charge in [-0.2, -0.15) is 0 Å². The van der Waals surface area contributed by atoms with Gasteiger partial charge in [-0.05, 0) is 37.6 Å². The van der Waals surface area contributed by atoms with E-state index in [1.165, 1.54) is 17.4 Å². The number of aryl methyl sites for hydroxylation is 1. The van der Waals surface area contributed by atoms with Crippen molar-refractivity contribution in [2.24, 2.45) is 0 Å². The largest absolute Gasteiger partial charge is 0.347 e. The van der Waals surface area contributed by atoms with E-state index in [1.807, 2.05) is 13.0 Å². The molecular formula is C14H15FN2OS. The van der Waals surface area contributed by atoms with E-state index in [9.17, 15) is 9.18 Å². The van der Waals surface area contributed by atoms with Crippen LogP contribution in [0.1, 0.15) is 21.7 Å². The second-order valence-electron chi connectivity index (χ2n) is 4.83. The molecular weight excluding hydrogens is 263 g/mol. The number of carbonyl (C=O) groups is 1. The van der Waals surface area contributed by atoms with E-state index in [0.29, 0.717) is 10.3 Å².